The molecule has 0 atom stereocenters. The first kappa shape index (κ1) is 18.8. The van der Waals surface area contributed by atoms with Gasteiger partial charge in [0.2, 0.25) is 5.91 Å². The molecular formula is C16H19ClN4OS3. The lowest BCUT2D eigenvalue weighted by Gasteiger charge is -2.35. The number of piperazine rings is 1. The van der Waals surface area contributed by atoms with Crippen molar-refractivity contribution >= 4 is 72.5 Å². The molecule has 1 aliphatic heterocycles. The summed E-state index contributed by atoms with van der Waals surface area (Å²) in [6, 6.07) is 5.50. The van der Waals surface area contributed by atoms with E-state index in [9.17, 15) is 4.79 Å². The average molecular weight is 415 g/mol. The highest BCUT2D eigenvalue weighted by atomic mass is 35.5. The number of rotatable bonds is 4. The third-order valence-corrected chi connectivity index (χ3v) is 6.69. The molecule has 1 aromatic heterocycles. The van der Waals surface area contributed by atoms with Gasteiger partial charge in [-0.1, -0.05) is 53.8 Å². The van der Waals surface area contributed by atoms with Gasteiger partial charge in [-0.05, 0) is 24.7 Å². The summed E-state index contributed by atoms with van der Waals surface area (Å²) in [5.41, 5.74) is 0.835. The van der Waals surface area contributed by atoms with Gasteiger partial charge in [-0.3, -0.25) is 4.79 Å². The first-order valence-electron chi connectivity index (χ1n) is 8.05. The van der Waals surface area contributed by atoms with E-state index < -0.39 is 0 Å². The third-order valence-electron chi connectivity index (χ3n) is 4.00. The number of thiazole rings is 1. The van der Waals surface area contributed by atoms with Gasteiger partial charge in [-0.15, -0.1) is 0 Å². The van der Waals surface area contributed by atoms with E-state index in [2.05, 4.69) is 27.0 Å². The number of nitrogens with zero attached hydrogens (tertiary/aromatic N) is 3. The Labute approximate surface area is 165 Å². The van der Waals surface area contributed by atoms with Crippen molar-refractivity contribution in [3.8, 4) is 0 Å². The van der Waals surface area contributed by atoms with Crippen molar-refractivity contribution < 1.29 is 4.79 Å². The molecule has 2 heterocycles. The second kappa shape index (κ2) is 8.64. The van der Waals surface area contributed by atoms with Crippen LogP contribution in [0.1, 0.15) is 6.92 Å². The summed E-state index contributed by atoms with van der Waals surface area (Å²) in [6.07, 6.45) is 0. The van der Waals surface area contributed by atoms with E-state index in [4.69, 9.17) is 23.8 Å². The second-order valence-electron chi connectivity index (χ2n) is 5.66. The summed E-state index contributed by atoms with van der Waals surface area (Å²) in [7, 11) is 0. The molecule has 1 amide bonds. The first-order chi connectivity index (χ1) is 12.0. The fraction of sp³-hybridized carbons (Fsp3) is 0.438. The monoisotopic (exact) mass is 414 g/mol. The quantitative estimate of drug-likeness (QED) is 0.772. The number of thiocarbonyl (C=S) groups is 1. The lowest BCUT2D eigenvalue weighted by Crippen LogP contribution is -2.47. The van der Waals surface area contributed by atoms with Crippen molar-refractivity contribution in [1.29, 1.82) is 0 Å². The van der Waals surface area contributed by atoms with Crippen molar-refractivity contribution in [2.45, 2.75) is 6.92 Å². The van der Waals surface area contributed by atoms with Crippen LogP contribution < -0.4 is 5.32 Å². The van der Waals surface area contributed by atoms with Crippen LogP contribution in [0.2, 0.25) is 5.02 Å². The predicted molar refractivity (Wildman–Crippen MR) is 112 cm³/mol. The number of carbonyl (C=O) groups is 1. The minimum atomic E-state index is -0.0929. The molecule has 0 aliphatic carbocycles. The standard InChI is InChI=1S/C16H19ClN4OS3/c1-2-20-5-7-21(8-6-20)16(23)24-10-14(22)19-15-18-12-4-3-11(17)9-13(12)25-15/h3-4,9H,2,5-8,10H2,1H3,(H,18,19,22). The highest BCUT2D eigenvalue weighted by Crippen LogP contribution is 2.28. The predicted octanol–water partition coefficient (Wildman–Crippen LogP) is 3.54. The summed E-state index contributed by atoms with van der Waals surface area (Å²) in [5, 5.41) is 4.10. The fourth-order valence-corrected chi connectivity index (χ4v) is 4.78. The SMILES string of the molecule is CCN1CCN(C(=S)SCC(=O)Nc2nc3ccc(Cl)cc3s2)CC1. The minimum absolute atomic E-state index is 0.0929. The number of nitrogens with one attached hydrogen (secondary N) is 1. The molecule has 0 spiro atoms. The Morgan fingerprint density at radius 3 is 2.88 bits per heavy atom. The average Bonchev–Trinajstić information content (AvgIpc) is 3.01. The van der Waals surface area contributed by atoms with Crippen LogP contribution in [0.3, 0.4) is 0 Å². The lowest BCUT2D eigenvalue weighted by molar-refractivity contribution is -0.113. The molecule has 3 rings (SSSR count). The van der Waals surface area contributed by atoms with Crippen LogP contribution in [0.15, 0.2) is 18.2 Å². The van der Waals surface area contributed by atoms with Gasteiger partial charge >= 0.3 is 0 Å². The third kappa shape index (κ3) is 5.04. The Morgan fingerprint density at radius 2 is 2.16 bits per heavy atom. The van der Waals surface area contributed by atoms with E-state index in [1.54, 1.807) is 6.07 Å². The van der Waals surface area contributed by atoms with Crippen LogP contribution in [0.4, 0.5) is 5.13 Å². The number of thioether (sulfide) groups is 1. The highest BCUT2D eigenvalue weighted by Gasteiger charge is 2.19. The Balaban J connectivity index is 1.48. The summed E-state index contributed by atoms with van der Waals surface area (Å²) in [5.74, 6) is 0.202. The van der Waals surface area contributed by atoms with Gasteiger partial charge < -0.3 is 15.1 Å². The normalized spacial score (nSPS) is 15.5. The highest BCUT2D eigenvalue weighted by molar-refractivity contribution is 8.23. The zero-order valence-corrected chi connectivity index (χ0v) is 17.0. The smallest absolute Gasteiger partial charge is 0.236 e. The molecule has 5 nitrogen and oxygen atoms in total. The van der Waals surface area contributed by atoms with Gasteiger partial charge in [0.15, 0.2) is 5.13 Å². The summed E-state index contributed by atoms with van der Waals surface area (Å²) < 4.78 is 1.75. The van der Waals surface area contributed by atoms with Crippen molar-refractivity contribution in [1.82, 2.24) is 14.8 Å². The number of aromatic nitrogens is 1. The van der Waals surface area contributed by atoms with Gasteiger partial charge in [-0.2, -0.15) is 0 Å². The zero-order chi connectivity index (χ0) is 17.8. The van der Waals surface area contributed by atoms with Crippen LogP contribution in [-0.4, -0.2) is 63.5 Å². The number of fused-ring (bicyclic) bond motifs is 1. The van der Waals surface area contributed by atoms with Crippen LogP contribution in [0.5, 0.6) is 0 Å². The van der Waals surface area contributed by atoms with Crippen molar-refractivity contribution in [2.75, 3.05) is 43.8 Å². The molecule has 1 saturated heterocycles. The molecule has 0 saturated carbocycles. The number of carbonyl (C=O) groups excluding carboxylic acids is 1. The molecule has 1 fully saturated rings. The molecule has 1 N–H and O–H groups in total. The maximum absolute atomic E-state index is 12.2. The Hall–Kier alpha value is -0.930. The molecule has 0 bridgehead atoms. The van der Waals surface area contributed by atoms with Crippen molar-refractivity contribution in [2.24, 2.45) is 0 Å². The van der Waals surface area contributed by atoms with Crippen LogP contribution >= 0.6 is 46.9 Å². The fourth-order valence-electron chi connectivity index (χ4n) is 2.57. The maximum Gasteiger partial charge on any atom is 0.236 e. The van der Waals surface area contributed by atoms with Gasteiger partial charge in [0.05, 0.1) is 16.0 Å². The van der Waals surface area contributed by atoms with Crippen LogP contribution in [-0.2, 0) is 4.79 Å². The Kier molecular flexibility index (Phi) is 6.51. The van der Waals surface area contributed by atoms with Crippen LogP contribution in [0, 0.1) is 0 Å². The minimum Gasteiger partial charge on any atom is -0.355 e. The topological polar surface area (TPSA) is 48.5 Å². The summed E-state index contributed by atoms with van der Waals surface area (Å²) >= 11 is 14.3. The number of hydrogen-bond donors (Lipinski definition) is 1. The number of benzene rings is 1. The number of anilines is 1. The molecule has 134 valence electrons. The lowest BCUT2D eigenvalue weighted by atomic mass is 10.3. The number of hydrogen-bond acceptors (Lipinski definition) is 6. The molecule has 0 unspecified atom stereocenters. The molecular weight excluding hydrogens is 396 g/mol. The van der Waals surface area contributed by atoms with Crippen molar-refractivity contribution in [3.05, 3.63) is 23.2 Å². The van der Waals surface area contributed by atoms with Crippen LogP contribution in [0.25, 0.3) is 10.2 Å². The van der Waals surface area contributed by atoms with E-state index in [1.807, 2.05) is 12.1 Å². The number of likely N-dealkylation sites (N-methyl/N-ethyl adjacent to an activating group) is 1. The second-order valence-corrected chi connectivity index (χ2v) is 8.73. The Bertz CT molecular complexity index is 774. The molecule has 0 radical (unpaired) electrons. The number of halogens is 1. The molecule has 2 aromatic rings. The maximum atomic E-state index is 12.2. The molecule has 25 heavy (non-hydrogen) atoms. The molecule has 1 aromatic carbocycles. The zero-order valence-electron chi connectivity index (χ0n) is 13.8. The van der Waals surface area contributed by atoms with Gasteiger partial charge in [0.25, 0.3) is 0 Å². The van der Waals surface area contributed by atoms with Gasteiger partial charge in [-0.25, -0.2) is 4.98 Å². The molecule has 9 heteroatoms. The first-order valence-corrected chi connectivity index (χ1v) is 10.6. The van der Waals surface area contributed by atoms with Gasteiger partial charge in [0.1, 0.15) is 4.32 Å². The van der Waals surface area contributed by atoms with E-state index >= 15 is 0 Å². The van der Waals surface area contributed by atoms with E-state index in [-0.39, 0.29) is 5.91 Å². The summed E-state index contributed by atoms with van der Waals surface area (Å²) in [6.45, 7) is 7.15. The number of amides is 1. The van der Waals surface area contributed by atoms with Gasteiger partial charge in [0, 0.05) is 31.2 Å². The van der Waals surface area contributed by atoms with E-state index in [1.165, 1.54) is 23.1 Å². The Morgan fingerprint density at radius 1 is 1.40 bits per heavy atom. The summed E-state index contributed by atoms with van der Waals surface area (Å²) in [4.78, 5) is 21.1. The van der Waals surface area contributed by atoms with E-state index in [0.29, 0.717) is 15.9 Å². The molecule has 1 aliphatic rings. The van der Waals surface area contributed by atoms with E-state index in [0.717, 1.165) is 47.3 Å². The van der Waals surface area contributed by atoms with Crippen molar-refractivity contribution in [3.63, 3.8) is 0 Å². The largest absolute Gasteiger partial charge is 0.355 e.